The molecule has 24 heavy (non-hydrogen) atoms. The number of carbonyl (C=O) groups excluding carboxylic acids is 1. The summed E-state index contributed by atoms with van der Waals surface area (Å²) in [6.45, 7) is 0.816. The summed E-state index contributed by atoms with van der Waals surface area (Å²) in [6.07, 6.45) is 6.11. The molecule has 1 fully saturated rings. The summed E-state index contributed by atoms with van der Waals surface area (Å²) in [4.78, 5) is 17.3. The van der Waals surface area contributed by atoms with E-state index >= 15 is 0 Å². The molecular weight excluding hydrogens is 367 g/mol. The van der Waals surface area contributed by atoms with Gasteiger partial charge in [-0.05, 0) is 37.0 Å². The zero-order chi connectivity index (χ0) is 16.9. The van der Waals surface area contributed by atoms with Crippen LogP contribution in [0.5, 0.6) is 0 Å². The highest BCUT2D eigenvalue weighted by Crippen LogP contribution is 2.26. The summed E-state index contributed by atoms with van der Waals surface area (Å²) in [5.74, 6) is -0.0130. The molecule has 0 radical (unpaired) electrons. The Hall–Kier alpha value is -1.14. The van der Waals surface area contributed by atoms with Crippen LogP contribution in [-0.2, 0) is 16.0 Å². The molecular formula is C17H18Cl2N2O2S. The van der Waals surface area contributed by atoms with E-state index in [2.05, 4.69) is 10.3 Å². The van der Waals surface area contributed by atoms with Crippen molar-refractivity contribution in [3.63, 3.8) is 0 Å². The molecule has 2 heterocycles. The average Bonchev–Trinajstić information content (AvgIpc) is 3.21. The highest BCUT2D eigenvalue weighted by atomic mass is 35.5. The van der Waals surface area contributed by atoms with Gasteiger partial charge in [0.25, 0.3) is 0 Å². The molecule has 1 amide bonds. The number of hydrogen-bond donors (Lipinski definition) is 1. The van der Waals surface area contributed by atoms with Crippen LogP contribution in [0.25, 0.3) is 0 Å². The van der Waals surface area contributed by atoms with E-state index in [0.29, 0.717) is 28.0 Å². The highest BCUT2D eigenvalue weighted by molar-refractivity contribution is 7.15. The van der Waals surface area contributed by atoms with E-state index in [1.165, 1.54) is 11.3 Å². The van der Waals surface area contributed by atoms with Gasteiger partial charge >= 0.3 is 0 Å². The maximum atomic E-state index is 12.0. The van der Waals surface area contributed by atoms with Gasteiger partial charge in [0.1, 0.15) is 0 Å². The molecule has 0 aliphatic carbocycles. The molecule has 128 valence electrons. The van der Waals surface area contributed by atoms with Crippen LogP contribution in [-0.4, -0.2) is 23.6 Å². The van der Waals surface area contributed by atoms with Crippen molar-refractivity contribution in [3.05, 3.63) is 44.9 Å². The molecule has 3 rings (SSSR count). The molecule has 4 nitrogen and oxygen atoms in total. The van der Waals surface area contributed by atoms with Crippen molar-refractivity contribution in [2.75, 3.05) is 11.9 Å². The lowest BCUT2D eigenvalue weighted by Crippen LogP contribution is -2.15. The second-order valence-corrected chi connectivity index (χ2v) is 7.71. The number of hydrogen-bond acceptors (Lipinski definition) is 4. The summed E-state index contributed by atoms with van der Waals surface area (Å²) in [7, 11) is 0. The summed E-state index contributed by atoms with van der Waals surface area (Å²) < 4.78 is 5.53. The van der Waals surface area contributed by atoms with Gasteiger partial charge in [0.15, 0.2) is 5.13 Å². The van der Waals surface area contributed by atoms with E-state index < -0.39 is 0 Å². The Morgan fingerprint density at radius 1 is 1.38 bits per heavy atom. The van der Waals surface area contributed by atoms with Gasteiger partial charge in [-0.15, -0.1) is 11.3 Å². The number of ether oxygens (including phenoxy) is 1. The second-order valence-electron chi connectivity index (χ2n) is 5.78. The first-order valence-electron chi connectivity index (χ1n) is 7.90. The SMILES string of the molecule is O=C(CCC1CCCO1)Nc1ncc(Cc2ccc(Cl)c(Cl)c2)s1. The molecule has 1 N–H and O–H groups in total. The number of anilines is 1. The first kappa shape index (κ1) is 17.7. The molecule has 0 bridgehead atoms. The summed E-state index contributed by atoms with van der Waals surface area (Å²) in [5, 5.41) is 4.57. The van der Waals surface area contributed by atoms with Crippen LogP contribution in [0.3, 0.4) is 0 Å². The normalized spacial score (nSPS) is 17.2. The Bertz CT molecular complexity index is 714. The smallest absolute Gasteiger partial charge is 0.226 e. The van der Waals surface area contributed by atoms with Gasteiger partial charge in [-0.1, -0.05) is 29.3 Å². The number of nitrogens with zero attached hydrogens (tertiary/aromatic N) is 1. The van der Waals surface area contributed by atoms with Crippen LogP contribution in [0, 0.1) is 0 Å². The van der Waals surface area contributed by atoms with Crippen molar-refractivity contribution in [3.8, 4) is 0 Å². The van der Waals surface area contributed by atoms with E-state index in [9.17, 15) is 4.79 Å². The number of carbonyl (C=O) groups is 1. The molecule has 0 spiro atoms. The molecule has 1 aromatic heterocycles. The fraction of sp³-hybridized carbons (Fsp3) is 0.412. The van der Waals surface area contributed by atoms with Gasteiger partial charge < -0.3 is 10.1 Å². The molecule has 1 saturated heterocycles. The van der Waals surface area contributed by atoms with Crippen molar-refractivity contribution in [2.45, 2.75) is 38.2 Å². The largest absolute Gasteiger partial charge is 0.378 e. The first-order valence-corrected chi connectivity index (χ1v) is 9.47. The minimum Gasteiger partial charge on any atom is -0.378 e. The Morgan fingerprint density at radius 3 is 3.00 bits per heavy atom. The number of aromatic nitrogens is 1. The third-order valence-electron chi connectivity index (χ3n) is 3.88. The number of thiazole rings is 1. The van der Waals surface area contributed by atoms with Crippen molar-refractivity contribution >= 4 is 45.6 Å². The summed E-state index contributed by atoms with van der Waals surface area (Å²) >= 11 is 13.4. The lowest BCUT2D eigenvalue weighted by Gasteiger charge is -2.07. The van der Waals surface area contributed by atoms with Crippen molar-refractivity contribution < 1.29 is 9.53 Å². The van der Waals surface area contributed by atoms with E-state index in [1.807, 2.05) is 12.1 Å². The Kier molecular flexibility index (Phi) is 6.11. The van der Waals surface area contributed by atoms with E-state index in [1.54, 1.807) is 12.3 Å². The zero-order valence-corrected chi connectivity index (χ0v) is 15.4. The fourth-order valence-electron chi connectivity index (χ4n) is 2.64. The third-order valence-corrected chi connectivity index (χ3v) is 5.53. The molecule has 1 atom stereocenters. The van der Waals surface area contributed by atoms with Crippen LogP contribution in [0.2, 0.25) is 10.0 Å². The minimum absolute atomic E-state index is 0.0130. The van der Waals surface area contributed by atoms with Crippen LogP contribution >= 0.6 is 34.5 Å². The molecule has 1 aliphatic rings. The highest BCUT2D eigenvalue weighted by Gasteiger charge is 2.17. The van der Waals surface area contributed by atoms with Gasteiger partial charge in [0, 0.05) is 30.5 Å². The number of benzene rings is 1. The second kappa shape index (κ2) is 8.30. The Labute approximate surface area is 155 Å². The number of halogens is 2. The van der Waals surface area contributed by atoms with E-state index in [-0.39, 0.29) is 12.0 Å². The third kappa shape index (κ3) is 4.93. The quantitative estimate of drug-likeness (QED) is 0.767. The van der Waals surface area contributed by atoms with Crippen LogP contribution < -0.4 is 5.32 Å². The fourth-order valence-corrected chi connectivity index (χ4v) is 3.83. The molecule has 7 heteroatoms. The van der Waals surface area contributed by atoms with Gasteiger partial charge in [-0.3, -0.25) is 4.79 Å². The van der Waals surface area contributed by atoms with Gasteiger partial charge in [0.05, 0.1) is 16.1 Å². The van der Waals surface area contributed by atoms with Gasteiger partial charge in [-0.2, -0.15) is 0 Å². The molecule has 2 aromatic rings. The topological polar surface area (TPSA) is 51.2 Å². The maximum Gasteiger partial charge on any atom is 0.226 e. The van der Waals surface area contributed by atoms with Crippen LogP contribution in [0.15, 0.2) is 24.4 Å². The summed E-state index contributed by atoms with van der Waals surface area (Å²) in [6, 6.07) is 5.57. The Balaban J connectivity index is 1.51. The van der Waals surface area contributed by atoms with Gasteiger partial charge in [0.2, 0.25) is 5.91 Å². The van der Waals surface area contributed by atoms with Crippen molar-refractivity contribution in [1.82, 2.24) is 4.98 Å². The predicted molar refractivity (Wildman–Crippen MR) is 98.2 cm³/mol. The zero-order valence-electron chi connectivity index (χ0n) is 13.1. The van der Waals surface area contributed by atoms with Gasteiger partial charge in [-0.25, -0.2) is 4.98 Å². The van der Waals surface area contributed by atoms with Crippen molar-refractivity contribution in [1.29, 1.82) is 0 Å². The maximum absolute atomic E-state index is 12.0. The monoisotopic (exact) mass is 384 g/mol. The minimum atomic E-state index is -0.0130. The van der Waals surface area contributed by atoms with Crippen LogP contribution in [0.1, 0.15) is 36.1 Å². The molecule has 1 aliphatic heterocycles. The molecule has 0 saturated carbocycles. The Morgan fingerprint density at radius 2 is 2.25 bits per heavy atom. The average molecular weight is 385 g/mol. The molecule has 1 unspecified atom stereocenters. The lowest BCUT2D eigenvalue weighted by molar-refractivity contribution is -0.116. The number of nitrogens with one attached hydrogen (secondary N) is 1. The van der Waals surface area contributed by atoms with Crippen LogP contribution in [0.4, 0.5) is 5.13 Å². The number of rotatable bonds is 6. The standard InChI is InChI=1S/C17H18Cl2N2O2S/c18-14-5-3-11(9-15(14)19)8-13-10-20-17(24-13)21-16(22)6-4-12-2-1-7-23-12/h3,5,9-10,12H,1-2,4,6-8H2,(H,20,21,22). The van der Waals surface area contributed by atoms with E-state index in [0.717, 1.165) is 36.3 Å². The summed E-state index contributed by atoms with van der Waals surface area (Å²) in [5.41, 5.74) is 1.06. The predicted octanol–water partition coefficient (Wildman–Crippen LogP) is 4.94. The van der Waals surface area contributed by atoms with Crippen molar-refractivity contribution in [2.24, 2.45) is 0 Å². The number of amides is 1. The lowest BCUT2D eigenvalue weighted by atomic mass is 10.1. The van der Waals surface area contributed by atoms with E-state index in [4.69, 9.17) is 27.9 Å². The molecule has 1 aromatic carbocycles. The first-order chi connectivity index (χ1) is 11.6.